The monoisotopic (exact) mass is 446 g/mol. The van der Waals surface area contributed by atoms with Crippen molar-refractivity contribution in [2.24, 2.45) is 40.4 Å². The van der Waals surface area contributed by atoms with Crippen molar-refractivity contribution < 1.29 is 23.8 Å². The third-order valence-electron chi connectivity index (χ3n) is 11.2. The molecule has 4 saturated carbocycles. The van der Waals surface area contributed by atoms with Crippen molar-refractivity contribution in [3.05, 3.63) is 0 Å². The first-order valence-electron chi connectivity index (χ1n) is 13.1. The third-order valence-corrected chi connectivity index (χ3v) is 11.2. The van der Waals surface area contributed by atoms with Crippen LogP contribution < -0.4 is 0 Å². The second-order valence-corrected chi connectivity index (χ2v) is 12.3. The summed E-state index contributed by atoms with van der Waals surface area (Å²) in [5.74, 6) is 3.29. The first-order chi connectivity index (χ1) is 15.1. The first kappa shape index (κ1) is 22.7. The molecular weight excluding hydrogens is 404 g/mol. The highest BCUT2D eigenvalue weighted by Crippen LogP contribution is 2.74. The predicted molar refractivity (Wildman–Crippen MR) is 121 cm³/mol. The van der Waals surface area contributed by atoms with Crippen LogP contribution in [0, 0.1) is 40.4 Å². The topological polar surface area (TPSA) is 65.1 Å². The maximum atomic E-state index is 11.7. The molecule has 0 unspecified atom stereocenters. The van der Waals surface area contributed by atoms with Gasteiger partial charge < -0.3 is 14.2 Å². The number of hydrogen-bond donors (Lipinski definition) is 0. The molecule has 0 N–H and O–H groups in total. The van der Waals surface area contributed by atoms with Crippen LogP contribution in [-0.4, -0.2) is 36.9 Å². The normalized spacial score (nSPS) is 49.7. The molecule has 0 aromatic carbocycles. The van der Waals surface area contributed by atoms with Crippen molar-refractivity contribution >= 4 is 11.9 Å². The Bertz CT molecular complexity index is 780. The second-order valence-electron chi connectivity index (χ2n) is 12.3. The summed E-state index contributed by atoms with van der Waals surface area (Å²) in [6, 6.07) is 0. The van der Waals surface area contributed by atoms with Gasteiger partial charge in [0.2, 0.25) is 0 Å². The fourth-order valence-corrected chi connectivity index (χ4v) is 9.60. The molecule has 10 atom stereocenters. The fraction of sp³-hybridized carbons (Fsp3) is 0.926. The van der Waals surface area contributed by atoms with Crippen molar-refractivity contribution in [1.82, 2.24) is 0 Å². The molecular formula is C27H42O5. The maximum Gasteiger partial charge on any atom is 0.305 e. The van der Waals surface area contributed by atoms with Crippen LogP contribution in [0.25, 0.3) is 0 Å². The van der Waals surface area contributed by atoms with Gasteiger partial charge in [-0.3, -0.25) is 9.59 Å². The smallest absolute Gasteiger partial charge is 0.305 e. The number of carbonyl (C=O) groups is 2. The number of hydrogen-bond acceptors (Lipinski definition) is 5. The van der Waals surface area contributed by atoms with E-state index in [0.717, 1.165) is 43.4 Å². The van der Waals surface area contributed by atoms with Crippen LogP contribution in [0.5, 0.6) is 0 Å². The van der Waals surface area contributed by atoms with Gasteiger partial charge in [-0.2, -0.15) is 0 Å². The standard InChI is InChI=1S/C27H42O5/c1-16(6-9-24(29)30-5)20-7-8-21-19-14-23-27(32-23)15-18(31-17(2)28)10-13-26(27,4)22(19)11-12-25(20,21)3/h16,18-23H,6-15H2,1-5H3/t16-,18+,19+,20-,21+,22+,23-,25-,26-,27-/m1/s1. The highest BCUT2D eigenvalue weighted by molar-refractivity contribution is 5.69. The van der Waals surface area contributed by atoms with Gasteiger partial charge in [0.25, 0.3) is 0 Å². The van der Waals surface area contributed by atoms with Crippen LogP contribution in [0.15, 0.2) is 0 Å². The minimum Gasteiger partial charge on any atom is -0.469 e. The highest BCUT2D eigenvalue weighted by Gasteiger charge is 2.76. The van der Waals surface area contributed by atoms with Gasteiger partial charge in [0.1, 0.15) is 11.7 Å². The summed E-state index contributed by atoms with van der Waals surface area (Å²) in [6.45, 7) is 8.96. The van der Waals surface area contributed by atoms with Gasteiger partial charge in [0, 0.05) is 25.2 Å². The molecule has 1 aliphatic heterocycles. The number of fused-ring (bicyclic) bond motifs is 4. The zero-order chi connectivity index (χ0) is 22.9. The predicted octanol–water partition coefficient (Wildman–Crippen LogP) is 5.30. The molecule has 1 spiro atoms. The van der Waals surface area contributed by atoms with E-state index in [4.69, 9.17) is 14.2 Å². The SMILES string of the molecule is COC(=O)CC[C@@H](C)[C@H]1CC[C@H]2[C@@H]3C[C@H]4O[C@]45C[C@@H](OC(C)=O)CC[C@]5(C)[C@H]3CC[C@]12C. The van der Waals surface area contributed by atoms with E-state index < -0.39 is 0 Å². The zero-order valence-electron chi connectivity index (χ0n) is 20.7. The number of epoxide rings is 1. The molecule has 0 aromatic heterocycles. The van der Waals surface area contributed by atoms with Gasteiger partial charge >= 0.3 is 11.9 Å². The molecule has 0 radical (unpaired) electrons. The van der Waals surface area contributed by atoms with E-state index in [1.54, 1.807) is 0 Å². The molecule has 5 nitrogen and oxygen atoms in total. The van der Waals surface area contributed by atoms with E-state index in [9.17, 15) is 9.59 Å². The number of methoxy groups -OCH3 is 1. The Morgan fingerprint density at radius 1 is 1.09 bits per heavy atom. The van der Waals surface area contributed by atoms with Gasteiger partial charge in [0.05, 0.1) is 13.2 Å². The molecule has 5 heteroatoms. The molecule has 5 fully saturated rings. The van der Waals surface area contributed by atoms with Crippen molar-refractivity contribution in [3.63, 3.8) is 0 Å². The number of rotatable bonds is 5. The molecule has 5 rings (SSSR count). The van der Waals surface area contributed by atoms with Crippen LogP contribution in [0.2, 0.25) is 0 Å². The number of esters is 2. The van der Waals surface area contributed by atoms with Gasteiger partial charge in [-0.05, 0) is 86.4 Å². The summed E-state index contributed by atoms with van der Waals surface area (Å²) >= 11 is 0. The summed E-state index contributed by atoms with van der Waals surface area (Å²) in [7, 11) is 1.49. The van der Waals surface area contributed by atoms with Gasteiger partial charge in [-0.25, -0.2) is 0 Å². The lowest BCUT2D eigenvalue weighted by Gasteiger charge is -2.59. The van der Waals surface area contributed by atoms with Gasteiger partial charge in [-0.15, -0.1) is 0 Å². The van der Waals surface area contributed by atoms with E-state index in [1.165, 1.54) is 46.1 Å². The molecule has 0 aromatic rings. The molecule has 4 aliphatic carbocycles. The first-order valence-corrected chi connectivity index (χ1v) is 13.1. The van der Waals surface area contributed by atoms with Crippen molar-refractivity contribution in [1.29, 1.82) is 0 Å². The molecule has 180 valence electrons. The summed E-state index contributed by atoms with van der Waals surface area (Å²) in [4.78, 5) is 23.3. The van der Waals surface area contributed by atoms with Crippen LogP contribution in [0.4, 0.5) is 0 Å². The molecule has 5 aliphatic rings. The fourth-order valence-electron chi connectivity index (χ4n) is 9.60. The number of ether oxygens (including phenoxy) is 3. The minimum atomic E-state index is -0.160. The molecule has 0 amide bonds. The average Bonchev–Trinajstić information content (AvgIpc) is 3.32. The largest absolute Gasteiger partial charge is 0.469 e. The van der Waals surface area contributed by atoms with E-state index in [2.05, 4.69) is 20.8 Å². The van der Waals surface area contributed by atoms with Crippen LogP contribution in [0.1, 0.15) is 91.9 Å². The minimum absolute atomic E-state index is 0.0301. The Morgan fingerprint density at radius 3 is 2.59 bits per heavy atom. The van der Waals surface area contributed by atoms with Gasteiger partial charge in [-0.1, -0.05) is 20.8 Å². The Kier molecular flexibility index (Phi) is 5.47. The van der Waals surface area contributed by atoms with Crippen molar-refractivity contribution in [3.8, 4) is 0 Å². The van der Waals surface area contributed by atoms with E-state index in [1.807, 2.05) is 0 Å². The second kappa shape index (κ2) is 7.71. The zero-order valence-corrected chi connectivity index (χ0v) is 20.7. The summed E-state index contributed by atoms with van der Waals surface area (Å²) in [5.41, 5.74) is 0.552. The van der Waals surface area contributed by atoms with Crippen molar-refractivity contribution in [2.75, 3.05) is 7.11 Å². The quantitative estimate of drug-likeness (QED) is 0.424. The lowest BCUT2D eigenvalue weighted by Crippen LogP contribution is -2.59. The van der Waals surface area contributed by atoms with Gasteiger partial charge in [0.15, 0.2) is 0 Å². The molecule has 0 bridgehead atoms. The number of carbonyl (C=O) groups excluding carboxylic acids is 2. The van der Waals surface area contributed by atoms with Crippen LogP contribution >= 0.6 is 0 Å². The van der Waals surface area contributed by atoms with Crippen LogP contribution in [-0.2, 0) is 23.8 Å². The van der Waals surface area contributed by atoms with Crippen LogP contribution in [0.3, 0.4) is 0 Å². The lowest BCUT2D eigenvalue weighted by molar-refractivity contribution is -0.157. The summed E-state index contributed by atoms with van der Waals surface area (Å²) in [6.07, 6.45) is 11.3. The highest BCUT2D eigenvalue weighted by atomic mass is 16.6. The average molecular weight is 447 g/mol. The Hall–Kier alpha value is -1.10. The van der Waals surface area contributed by atoms with E-state index >= 15 is 0 Å². The van der Waals surface area contributed by atoms with Crippen molar-refractivity contribution in [2.45, 2.75) is 110 Å². The van der Waals surface area contributed by atoms with E-state index in [0.29, 0.717) is 29.8 Å². The lowest BCUT2D eigenvalue weighted by atomic mass is 9.44. The Morgan fingerprint density at radius 2 is 1.88 bits per heavy atom. The van der Waals surface area contributed by atoms with E-state index in [-0.39, 0.29) is 29.1 Å². The third kappa shape index (κ3) is 3.20. The Labute approximate surface area is 193 Å². The maximum absolute atomic E-state index is 11.7. The molecule has 32 heavy (non-hydrogen) atoms. The molecule has 1 saturated heterocycles. The summed E-state index contributed by atoms with van der Waals surface area (Å²) in [5, 5.41) is 0. The Balaban J connectivity index is 1.32. The molecule has 1 heterocycles. The summed E-state index contributed by atoms with van der Waals surface area (Å²) < 4.78 is 17.1.